The van der Waals surface area contributed by atoms with Gasteiger partial charge < -0.3 is 20.2 Å². The minimum atomic E-state index is -0.532. The molecule has 1 amide bonds. The van der Waals surface area contributed by atoms with Crippen LogP contribution in [0.5, 0.6) is 0 Å². The fraction of sp³-hybridized carbons (Fsp3) is 0.409. The molecule has 5 heteroatoms. The number of hydrogen-bond donors (Lipinski definition) is 2. The predicted molar refractivity (Wildman–Crippen MR) is 110 cm³/mol. The Morgan fingerprint density at radius 2 is 1.85 bits per heavy atom. The van der Waals surface area contributed by atoms with Crippen molar-refractivity contribution >= 4 is 23.0 Å². The van der Waals surface area contributed by atoms with Crippen LogP contribution < -0.4 is 15.1 Å². The number of benzene rings is 2. The lowest BCUT2D eigenvalue weighted by atomic mass is 10.1. The van der Waals surface area contributed by atoms with Crippen LogP contribution in [-0.4, -0.2) is 36.4 Å². The maximum absolute atomic E-state index is 12.6. The van der Waals surface area contributed by atoms with Crippen LogP contribution in [0.15, 0.2) is 42.5 Å². The van der Waals surface area contributed by atoms with E-state index >= 15 is 0 Å². The third-order valence-corrected chi connectivity index (χ3v) is 5.72. The lowest BCUT2D eigenvalue weighted by Crippen LogP contribution is -2.54. The van der Waals surface area contributed by atoms with Gasteiger partial charge in [-0.2, -0.15) is 0 Å². The van der Waals surface area contributed by atoms with Crippen molar-refractivity contribution in [3.05, 3.63) is 53.6 Å². The fourth-order valence-electron chi connectivity index (χ4n) is 3.91. The number of carbonyl (C=O) groups excluding carboxylic acids is 1. The first kappa shape index (κ1) is 17.9. The summed E-state index contributed by atoms with van der Waals surface area (Å²) in [7, 11) is 1.91. The zero-order valence-electron chi connectivity index (χ0n) is 16.1. The Bertz CT molecular complexity index is 845. The van der Waals surface area contributed by atoms with Gasteiger partial charge in [0.05, 0.1) is 17.4 Å². The number of aliphatic hydroxyl groups excluding tert-OH is 1. The second kappa shape index (κ2) is 6.89. The highest BCUT2D eigenvalue weighted by Gasteiger charge is 2.41. The molecule has 2 atom stereocenters. The molecule has 2 aromatic rings. The second-order valence-corrected chi connectivity index (χ2v) is 7.61. The number of anilines is 3. The molecule has 2 N–H and O–H groups in total. The van der Waals surface area contributed by atoms with Crippen molar-refractivity contribution in [2.45, 2.75) is 51.4 Å². The zero-order valence-corrected chi connectivity index (χ0v) is 16.1. The van der Waals surface area contributed by atoms with Gasteiger partial charge in [0.2, 0.25) is 0 Å². The standard InChI is InChI=1S/C22H27N3O2/c1-4-15-5-7-16(8-6-15)21(26)23-17-9-12-19-20(13-17)25(18-10-11-18)14(2)22(27)24(19)3/h5-9,12-14,18,22,27H,4,10-11H2,1-3H3,(H,23,26). The highest BCUT2D eigenvalue weighted by molar-refractivity contribution is 6.04. The van der Waals surface area contributed by atoms with Crippen molar-refractivity contribution in [2.75, 3.05) is 22.2 Å². The van der Waals surface area contributed by atoms with E-state index < -0.39 is 6.23 Å². The van der Waals surface area contributed by atoms with Gasteiger partial charge in [0.25, 0.3) is 5.91 Å². The number of carbonyl (C=O) groups is 1. The first-order valence-electron chi connectivity index (χ1n) is 9.73. The Hall–Kier alpha value is -2.53. The SMILES string of the molecule is CCc1ccc(C(=O)Nc2ccc3c(c2)N(C2CC2)C(C)C(O)N3C)cc1. The lowest BCUT2D eigenvalue weighted by Gasteiger charge is -2.45. The summed E-state index contributed by atoms with van der Waals surface area (Å²) < 4.78 is 0. The van der Waals surface area contributed by atoms with Gasteiger partial charge >= 0.3 is 0 Å². The van der Waals surface area contributed by atoms with Crippen LogP contribution in [0.2, 0.25) is 0 Å². The van der Waals surface area contributed by atoms with E-state index in [1.807, 2.05) is 54.4 Å². The lowest BCUT2D eigenvalue weighted by molar-refractivity contribution is 0.102. The first-order chi connectivity index (χ1) is 13.0. The first-order valence-corrected chi connectivity index (χ1v) is 9.73. The molecule has 1 saturated carbocycles. The van der Waals surface area contributed by atoms with Crippen molar-refractivity contribution in [3.63, 3.8) is 0 Å². The number of nitrogens with zero attached hydrogens (tertiary/aromatic N) is 2. The van der Waals surface area contributed by atoms with E-state index in [1.165, 1.54) is 5.56 Å². The quantitative estimate of drug-likeness (QED) is 0.869. The normalized spacial score (nSPS) is 21.8. The minimum absolute atomic E-state index is 0.0162. The number of likely N-dealkylation sites (N-methyl/N-ethyl adjacent to an activating group) is 1. The molecule has 142 valence electrons. The van der Waals surface area contributed by atoms with Crippen LogP contribution in [0.3, 0.4) is 0 Å². The molecule has 1 fully saturated rings. The number of amides is 1. The maximum Gasteiger partial charge on any atom is 0.255 e. The molecule has 27 heavy (non-hydrogen) atoms. The van der Waals surface area contributed by atoms with Crippen molar-refractivity contribution in [1.29, 1.82) is 0 Å². The van der Waals surface area contributed by atoms with E-state index in [1.54, 1.807) is 0 Å². The summed E-state index contributed by atoms with van der Waals surface area (Å²) in [6, 6.07) is 14.1. The van der Waals surface area contributed by atoms with Crippen LogP contribution in [0.1, 0.15) is 42.6 Å². The summed E-state index contributed by atoms with van der Waals surface area (Å²) in [5.74, 6) is -0.104. The smallest absolute Gasteiger partial charge is 0.255 e. The van der Waals surface area contributed by atoms with Crippen molar-refractivity contribution in [2.24, 2.45) is 0 Å². The number of fused-ring (bicyclic) bond motifs is 1. The summed E-state index contributed by atoms with van der Waals surface area (Å²) in [5, 5.41) is 13.6. The predicted octanol–water partition coefficient (Wildman–Crippen LogP) is 3.63. The van der Waals surface area contributed by atoms with Crippen LogP contribution >= 0.6 is 0 Å². The molecule has 5 nitrogen and oxygen atoms in total. The molecule has 0 saturated heterocycles. The number of aryl methyl sites for hydroxylation is 1. The Morgan fingerprint density at radius 3 is 2.48 bits per heavy atom. The molecule has 2 unspecified atom stereocenters. The van der Waals surface area contributed by atoms with E-state index in [9.17, 15) is 9.90 Å². The molecule has 2 aromatic carbocycles. The Morgan fingerprint density at radius 1 is 1.15 bits per heavy atom. The monoisotopic (exact) mass is 365 g/mol. The average molecular weight is 365 g/mol. The molecule has 0 aromatic heterocycles. The Kier molecular flexibility index (Phi) is 4.56. The summed E-state index contributed by atoms with van der Waals surface area (Å²) in [5.41, 5.74) is 4.73. The largest absolute Gasteiger partial charge is 0.371 e. The summed E-state index contributed by atoms with van der Waals surface area (Å²) >= 11 is 0. The maximum atomic E-state index is 12.6. The van der Waals surface area contributed by atoms with E-state index in [0.29, 0.717) is 11.6 Å². The topological polar surface area (TPSA) is 55.8 Å². The average Bonchev–Trinajstić information content (AvgIpc) is 3.51. The summed E-state index contributed by atoms with van der Waals surface area (Å²) in [4.78, 5) is 16.8. The molecule has 2 aliphatic rings. The molecule has 0 spiro atoms. The number of rotatable bonds is 4. The van der Waals surface area contributed by atoms with Gasteiger partial charge in [0.15, 0.2) is 0 Å². The van der Waals surface area contributed by atoms with Gasteiger partial charge in [-0.25, -0.2) is 0 Å². The van der Waals surface area contributed by atoms with Crippen molar-refractivity contribution < 1.29 is 9.90 Å². The number of aliphatic hydroxyl groups is 1. The molecule has 0 radical (unpaired) electrons. The third-order valence-electron chi connectivity index (χ3n) is 5.72. The van der Waals surface area contributed by atoms with Crippen LogP contribution in [0.25, 0.3) is 0 Å². The summed E-state index contributed by atoms with van der Waals surface area (Å²) in [6.45, 7) is 4.16. The molecule has 1 aliphatic heterocycles. The molecule has 4 rings (SSSR count). The van der Waals surface area contributed by atoms with Gasteiger partial charge in [-0.15, -0.1) is 0 Å². The Balaban J connectivity index is 1.60. The second-order valence-electron chi connectivity index (χ2n) is 7.61. The van der Waals surface area contributed by atoms with Crippen LogP contribution in [0.4, 0.5) is 17.1 Å². The molecular weight excluding hydrogens is 338 g/mol. The van der Waals surface area contributed by atoms with Crippen molar-refractivity contribution in [3.8, 4) is 0 Å². The molecular formula is C22H27N3O2. The van der Waals surface area contributed by atoms with Gasteiger partial charge in [0.1, 0.15) is 6.23 Å². The highest BCUT2D eigenvalue weighted by atomic mass is 16.3. The van der Waals surface area contributed by atoms with Gasteiger partial charge in [-0.3, -0.25) is 4.79 Å². The highest BCUT2D eigenvalue weighted by Crippen LogP contribution is 2.44. The van der Waals surface area contributed by atoms with Gasteiger partial charge in [-0.05, 0) is 62.1 Å². The Labute approximate surface area is 160 Å². The van der Waals surface area contributed by atoms with E-state index in [-0.39, 0.29) is 11.9 Å². The molecule has 0 bridgehead atoms. The van der Waals surface area contributed by atoms with Crippen LogP contribution in [0, 0.1) is 0 Å². The van der Waals surface area contributed by atoms with Crippen molar-refractivity contribution in [1.82, 2.24) is 0 Å². The minimum Gasteiger partial charge on any atom is -0.371 e. The van der Waals surface area contributed by atoms with E-state index in [4.69, 9.17) is 0 Å². The molecule has 1 heterocycles. The van der Waals surface area contributed by atoms with E-state index in [0.717, 1.165) is 36.3 Å². The third kappa shape index (κ3) is 3.28. The van der Waals surface area contributed by atoms with Crippen LogP contribution in [-0.2, 0) is 6.42 Å². The molecule has 1 aliphatic carbocycles. The fourth-order valence-corrected chi connectivity index (χ4v) is 3.91. The van der Waals surface area contributed by atoms with Gasteiger partial charge in [-0.1, -0.05) is 19.1 Å². The van der Waals surface area contributed by atoms with E-state index in [2.05, 4.69) is 24.1 Å². The zero-order chi connectivity index (χ0) is 19.1. The number of hydrogen-bond acceptors (Lipinski definition) is 4. The van der Waals surface area contributed by atoms with Gasteiger partial charge in [0, 0.05) is 24.3 Å². The summed E-state index contributed by atoms with van der Waals surface area (Å²) in [6.07, 6.45) is 2.73. The number of nitrogens with one attached hydrogen (secondary N) is 1.